The number of carbonyl (C=O) groups excluding carboxylic acids is 1. The van der Waals surface area contributed by atoms with Crippen LogP contribution in [-0.2, 0) is 10.0 Å². The number of hydrogen-bond acceptors (Lipinski definition) is 4. The summed E-state index contributed by atoms with van der Waals surface area (Å²) in [5, 5.41) is 2.78. The van der Waals surface area contributed by atoms with Gasteiger partial charge in [0.05, 0.1) is 23.3 Å². The highest BCUT2D eigenvalue weighted by Crippen LogP contribution is 2.23. The van der Waals surface area contributed by atoms with Gasteiger partial charge in [0.1, 0.15) is 5.75 Å². The molecule has 0 saturated carbocycles. The highest BCUT2D eigenvalue weighted by Gasteiger charge is 2.19. The second-order valence-electron chi connectivity index (χ2n) is 6.15. The quantitative estimate of drug-likeness (QED) is 0.658. The number of benzene rings is 3. The number of nitrogens with one attached hydrogen (secondary N) is 2. The number of para-hydroxylation sites is 1. The molecule has 0 aromatic heterocycles. The number of anilines is 2. The fourth-order valence-electron chi connectivity index (χ4n) is 2.58. The lowest BCUT2D eigenvalue weighted by Gasteiger charge is -2.13. The molecule has 3 rings (SSSR count). The van der Waals surface area contributed by atoms with E-state index >= 15 is 0 Å². The molecule has 3 aromatic rings. The average molecular weight is 396 g/mol. The van der Waals surface area contributed by atoms with Gasteiger partial charge in [0, 0.05) is 11.8 Å². The van der Waals surface area contributed by atoms with E-state index in [-0.39, 0.29) is 16.1 Å². The van der Waals surface area contributed by atoms with E-state index in [0.29, 0.717) is 11.4 Å². The average Bonchev–Trinajstić information content (AvgIpc) is 2.70. The van der Waals surface area contributed by atoms with Gasteiger partial charge in [-0.25, -0.2) is 8.42 Å². The highest BCUT2D eigenvalue weighted by molar-refractivity contribution is 7.92. The number of amides is 1. The lowest BCUT2D eigenvalue weighted by Crippen LogP contribution is -2.18. The summed E-state index contributed by atoms with van der Waals surface area (Å²) in [7, 11) is -2.43. The van der Waals surface area contributed by atoms with Crippen molar-refractivity contribution < 1.29 is 17.9 Å². The van der Waals surface area contributed by atoms with Crippen LogP contribution in [0, 0.1) is 6.92 Å². The number of sulfonamides is 1. The molecule has 2 N–H and O–H groups in total. The summed E-state index contributed by atoms with van der Waals surface area (Å²) in [5.41, 5.74) is 2.11. The number of methoxy groups -OCH3 is 1. The van der Waals surface area contributed by atoms with E-state index in [9.17, 15) is 13.2 Å². The maximum absolute atomic E-state index is 12.7. The minimum atomic E-state index is -3.89. The molecule has 0 atom stereocenters. The predicted octanol–water partition coefficient (Wildman–Crippen LogP) is 4.06. The van der Waals surface area contributed by atoms with Crippen LogP contribution in [0.25, 0.3) is 0 Å². The van der Waals surface area contributed by atoms with Crippen molar-refractivity contribution in [1.82, 2.24) is 0 Å². The summed E-state index contributed by atoms with van der Waals surface area (Å²) in [6.45, 7) is 1.95. The molecule has 0 aliphatic heterocycles. The van der Waals surface area contributed by atoms with Gasteiger partial charge in [-0.3, -0.25) is 9.52 Å². The molecule has 1 amide bonds. The van der Waals surface area contributed by atoms with Gasteiger partial charge in [0.2, 0.25) is 0 Å². The Bertz CT molecular complexity index is 1090. The van der Waals surface area contributed by atoms with Crippen LogP contribution in [-0.4, -0.2) is 21.4 Å². The number of hydrogen-bond donors (Lipinski definition) is 2. The molecule has 144 valence electrons. The second kappa shape index (κ2) is 8.14. The molecule has 0 bridgehead atoms. The Balaban J connectivity index is 1.87. The SMILES string of the molecule is COc1cccc(S(=O)(=O)Nc2ccccc2C(=O)Nc2ccc(C)cc2)c1. The summed E-state index contributed by atoms with van der Waals surface area (Å²) in [6.07, 6.45) is 0. The fourth-order valence-corrected chi connectivity index (χ4v) is 3.69. The Morgan fingerprint density at radius 1 is 0.929 bits per heavy atom. The van der Waals surface area contributed by atoms with Crippen molar-refractivity contribution in [2.45, 2.75) is 11.8 Å². The van der Waals surface area contributed by atoms with Crippen LogP contribution in [0.3, 0.4) is 0 Å². The van der Waals surface area contributed by atoms with E-state index in [1.54, 1.807) is 48.5 Å². The number of carbonyl (C=O) groups is 1. The van der Waals surface area contributed by atoms with Gasteiger partial charge in [-0.1, -0.05) is 35.9 Å². The Hall–Kier alpha value is -3.32. The molecule has 0 heterocycles. The van der Waals surface area contributed by atoms with Gasteiger partial charge in [0.15, 0.2) is 0 Å². The smallest absolute Gasteiger partial charge is 0.262 e. The standard InChI is InChI=1S/C21H20N2O4S/c1-15-10-12-16(13-11-15)22-21(24)19-8-3-4-9-20(19)23-28(25,26)18-7-5-6-17(14-18)27-2/h3-14,23H,1-2H3,(H,22,24). The zero-order valence-corrected chi connectivity index (χ0v) is 16.3. The Morgan fingerprint density at radius 2 is 1.64 bits per heavy atom. The zero-order valence-electron chi connectivity index (χ0n) is 15.5. The minimum absolute atomic E-state index is 0.0422. The van der Waals surface area contributed by atoms with Gasteiger partial charge in [-0.15, -0.1) is 0 Å². The van der Waals surface area contributed by atoms with Crippen molar-refractivity contribution in [3.8, 4) is 5.75 Å². The van der Waals surface area contributed by atoms with Gasteiger partial charge in [0.25, 0.3) is 15.9 Å². The Labute approximate surface area is 164 Å². The second-order valence-corrected chi connectivity index (χ2v) is 7.83. The molecule has 28 heavy (non-hydrogen) atoms. The summed E-state index contributed by atoms with van der Waals surface area (Å²) in [4.78, 5) is 12.7. The number of ether oxygens (including phenoxy) is 1. The maximum Gasteiger partial charge on any atom is 0.262 e. The first-order valence-electron chi connectivity index (χ1n) is 8.53. The first-order valence-corrected chi connectivity index (χ1v) is 10.0. The van der Waals surface area contributed by atoms with Crippen LogP contribution in [0.1, 0.15) is 15.9 Å². The van der Waals surface area contributed by atoms with Gasteiger partial charge >= 0.3 is 0 Å². The van der Waals surface area contributed by atoms with Gasteiger partial charge < -0.3 is 10.1 Å². The molecule has 3 aromatic carbocycles. The van der Waals surface area contributed by atoms with Crippen LogP contribution in [0.15, 0.2) is 77.7 Å². The molecule has 0 spiro atoms. The lowest BCUT2D eigenvalue weighted by molar-refractivity contribution is 0.102. The zero-order chi connectivity index (χ0) is 20.1. The maximum atomic E-state index is 12.7. The lowest BCUT2D eigenvalue weighted by atomic mass is 10.1. The van der Waals surface area contributed by atoms with Crippen molar-refractivity contribution in [3.05, 3.63) is 83.9 Å². The predicted molar refractivity (Wildman–Crippen MR) is 109 cm³/mol. The third kappa shape index (κ3) is 4.50. The third-order valence-electron chi connectivity index (χ3n) is 4.08. The van der Waals surface area contributed by atoms with Crippen LogP contribution in [0.2, 0.25) is 0 Å². The normalized spacial score (nSPS) is 10.9. The van der Waals surface area contributed by atoms with E-state index in [4.69, 9.17) is 4.74 Å². The highest BCUT2D eigenvalue weighted by atomic mass is 32.2. The van der Waals surface area contributed by atoms with Crippen LogP contribution >= 0.6 is 0 Å². The summed E-state index contributed by atoms with van der Waals surface area (Å²) in [6, 6.07) is 19.9. The number of rotatable bonds is 6. The van der Waals surface area contributed by atoms with E-state index < -0.39 is 15.9 Å². The van der Waals surface area contributed by atoms with Crippen LogP contribution < -0.4 is 14.8 Å². The molecular weight excluding hydrogens is 376 g/mol. The molecule has 0 unspecified atom stereocenters. The summed E-state index contributed by atoms with van der Waals surface area (Å²) >= 11 is 0. The van der Waals surface area contributed by atoms with Crippen LogP contribution in [0.5, 0.6) is 5.75 Å². The molecule has 6 nitrogen and oxygen atoms in total. The topological polar surface area (TPSA) is 84.5 Å². The van der Waals surface area contributed by atoms with E-state index in [1.807, 2.05) is 19.1 Å². The minimum Gasteiger partial charge on any atom is -0.497 e. The monoisotopic (exact) mass is 396 g/mol. The molecule has 7 heteroatoms. The van der Waals surface area contributed by atoms with Crippen molar-refractivity contribution in [3.63, 3.8) is 0 Å². The molecular formula is C21H20N2O4S. The molecule has 0 saturated heterocycles. The van der Waals surface area contributed by atoms with E-state index in [0.717, 1.165) is 5.56 Å². The fraction of sp³-hybridized carbons (Fsp3) is 0.0952. The Morgan fingerprint density at radius 3 is 2.36 bits per heavy atom. The van der Waals surface area contributed by atoms with E-state index in [2.05, 4.69) is 10.0 Å². The summed E-state index contributed by atoms with van der Waals surface area (Å²) in [5.74, 6) is 0.0149. The van der Waals surface area contributed by atoms with Crippen molar-refractivity contribution >= 4 is 27.3 Å². The Kier molecular flexibility index (Phi) is 5.65. The van der Waals surface area contributed by atoms with Crippen molar-refractivity contribution in [2.75, 3.05) is 17.1 Å². The number of aryl methyl sites for hydroxylation is 1. The molecule has 0 aliphatic carbocycles. The molecule has 0 fully saturated rings. The largest absolute Gasteiger partial charge is 0.497 e. The molecule has 0 aliphatic rings. The first-order chi connectivity index (χ1) is 13.4. The van der Waals surface area contributed by atoms with Crippen molar-refractivity contribution in [1.29, 1.82) is 0 Å². The summed E-state index contributed by atoms with van der Waals surface area (Å²) < 4.78 is 33.1. The molecule has 0 radical (unpaired) electrons. The van der Waals surface area contributed by atoms with Crippen molar-refractivity contribution in [2.24, 2.45) is 0 Å². The van der Waals surface area contributed by atoms with Crippen LogP contribution in [0.4, 0.5) is 11.4 Å². The van der Waals surface area contributed by atoms with Gasteiger partial charge in [-0.05, 0) is 43.3 Å². The van der Waals surface area contributed by atoms with Gasteiger partial charge in [-0.2, -0.15) is 0 Å². The third-order valence-corrected chi connectivity index (χ3v) is 5.44. The van der Waals surface area contributed by atoms with E-state index in [1.165, 1.54) is 19.2 Å². The first kappa shape index (κ1) is 19.4.